The van der Waals surface area contributed by atoms with Gasteiger partial charge in [0.25, 0.3) is 0 Å². The van der Waals surface area contributed by atoms with E-state index in [1.807, 2.05) is 0 Å². The smallest absolute Gasteiger partial charge is 0.137 e. The monoisotopic (exact) mass is 239 g/mol. The number of ketones is 1. The van der Waals surface area contributed by atoms with Crippen LogP contribution >= 0.6 is 0 Å². The number of carbonyl (C=O) groups is 1. The van der Waals surface area contributed by atoms with Crippen molar-refractivity contribution in [3.8, 4) is 0 Å². The number of nitrogens with zero attached hydrogens (tertiary/aromatic N) is 1. The van der Waals surface area contributed by atoms with Gasteiger partial charge < -0.3 is 10.0 Å². The van der Waals surface area contributed by atoms with Gasteiger partial charge in [-0.05, 0) is 44.6 Å². The summed E-state index contributed by atoms with van der Waals surface area (Å²) in [7, 11) is 0. The minimum Gasteiger partial charge on any atom is -0.396 e. The quantitative estimate of drug-likeness (QED) is 0.814. The molecule has 3 nitrogen and oxygen atoms in total. The molecule has 98 valence electrons. The fraction of sp³-hybridized carbons (Fsp3) is 0.929. The van der Waals surface area contributed by atoms with Crippen molar-refractivity contribution >= 4 is 5.78 Å². The van der Waals surface area contributed by atoms with E-state index in [2.05, 4.69) is 4.90 Å². The van der Waals surface area contributed by atoms with Crippen LogP contribution in [0.2, 0.25) is 0 Å². The first-order valence-electron chi connectivity index (χ1n) is 7.15. The maximum atomic E-state index is 11.8. The van der Waals surface area contributed by atoms with E-state index in [1.54, 1.807) is 0 Å². The average molecular weight is 239 g/mol. The normalized spacial score (nSPS) is 31.7. The van der Waals surface area contributed by atoms with E-state index in [1.165, 1.54) is 19.3 Å². The molecule has 0 radical (unpaired) electrons. The largest absolute Gasteiger partial charge is 0.396 e. The second-order valence-corrected chi connectivity index (χ2v) is 5.69. The summed E-state index contributed by atoms with van der Waals surface area (Å²) in [5.74, 6) is 1.43. The Labute approximate surface area is 104 Å². The number of aliphatic hydroxyl groups excluding tert-OH is 1. The van der Waals surface area contributed by atoms with Crippen LogP contribution in [0.1, 0.15) is 44.9 Å². The van der Waals surface area contributed by atoms with E-state index < -0.39 is 0 Å². The van der Waals surface area contributed by atoms with Gasteiger partial charge in [0.05, 0.1) is 0 Å². The van der Waals surface area contributed by atoms with Crippen molar-refractivity contribution in [3.63, 3.8) is 0 Å². The molecule has 3 heteroatoms. The van der Waals surface area contributed by atoms with Gasteiger partial charge in [0.2, 0.25) is 0 Å². The van der Waals surface area contributed by atoms with Crippen molar-refractivity contribution in [1.29, 1.82) is 0 Å². The Morgan fingerprint density at radius 3 is 2.88 bits per heavy atom. The fourth-order valence-electron chi connectivity index (χ4n) is 3.30. The number of piperidine rings is 1. The Kier molecular flexibility index (Phi) is 4.99. The van der Waals surface area contributed by atoms with Crippen molar-refractivity contribution < 1.29 is 9.90 Å². The summed E-state index contributed by atoms with van der Waals surface area (Å²) in [4.78, 5) is 14.3. The number of hydrogen-bond acceptors (Lipinski definition) is 3. The van der Waals surface area contributed by atoms with Gasteiger partial charge >= 0.3 is 0 Å². The molecule has 1 saturated carbocycles. The van der Waals surface area contributed by atoms with Crippen molar-refractivity contribution in [2.75, 3.05) is 26.2 Å². The van der Waals surface area contributed by atoms with Gasteiger partial charge in [-0.25, -0.2) is 0 Å². The number of carbonyl (C=O) groups excluding carboxylic acids is 1. The summed E-state index contributed by atoms with van der Waals surface area (Å²) in [5, 5.41) is 9.00. The molecule has 0 amide bonds. The first kappa shape index (κ1) is 13.0. The molecule has 2 aliphatic rings. The second-order valence-electron chi connectivity index (χ2n) is 5.69. The van der Waals surface area contributed by atoms with E-state index in [0.29, 0.717) is 24.2 Å². The highest BCUT2D eigenvalue weighted by Gasteiger charge is 2.27. The van der Waals surface area contributed by atoms with Gasteiger partial charge in [-0.1, -0.05) is 6.42 Å². The number of rotatable bonds is 4. The van der Waals surface area contributed by atoms with E-state index in [-0.39, 0.29) is 0 Å². The zero-order valence-corrected chi connectivity index (χ0v) is 10.7. The number of Topliss-reactive ketones (excluding diaryl/α,β-unsaturated/α-hetero) is 1. The molecule has 2 rings (SSSR count). The van der Waals surface area contributed by atoms with Gasteiger partial charge in [-0.3, -0.25) is 4.79 Å². The lowest BCUT2D eigenvalue weighted by molar-refractivity contribution is -0.125. The van der Waals surface area contributed by atoms with Crippen molar-refractivity contribution in [3.05, 3.63) is 0 Å². The summed E-state index contributed by atoms with van der Waals surface area (Å²) in [5.41, 5.74) is 0. The molecular weight excluding hydrogens is 214 g/mol. The summed E-state index contributed by atoms with van der Waals surface area (Å²) < 4.78 is 0. The summed E-state index contributed by atoms with van der Waals surface area (Å²) in [6.07, 6.45) is 7.63. The highest BCUT2D eigenvalue weighted by atomic mass is 16.3. The fourth-order valence-corrected chi connectivity index (χ4v) is 3.30. The molecule has 17 heavy (non-hydrogen) atoms. The summed E-state index contributed by atoms with van der Waals surface area (Å²) >= 11 is 0. The lowest BCUT2D eigenvalue weighted by atomic mass is 9.86. The predicted octanol–water partition coefficient (Wildman–Crippen LogP) is 1.84. The molecule has 1 aliphatic carbocycles. The molecule has 2 unspecified atom stereocenters. The first-order chi connectivity index (χ1) is 8.29. The van der Waals surface area contributed by atoms with Crippen LogP contribution in [-0.4, -0.2) is 42.0 Å². The molecule has 2 atom stereocenters. The van der Waals surface area contributed by atoms with Gasteiger partial charge in [0.15, 0.2) is 0 Å². The zero-order valence-electron chi connectivity index (χ0n) is 10.7. The molecule has 1 heterocycles. The average Bonchev–Trinajstić information content (AvgIpc) is 2.33. The minimum atomic E-state index is 0.302. The molecule has 1 saturated heterocycles. The number of likely N-dealkylation sites (tertiary alicyclic amines) is 1. The van der Waals surface area contributed by atoms with Gasteiger partial charge in [0.1, 0.15) is 5.78 Å². The molecule has 0 spiro atoms. The summed E-state index contributed by atoms with van der Waals surface area (Å²) in [6.45, 7) is 3.51. The topological polar surface area (TPSA) is 40.5 Å². The Morgan fingerprint density at radius 1 is 1.24 bits per heavy atom. The van der Waals surface area contributed by atoms with Crippen LogP contribution in [-0.2, 0) is 4.79 Å². The number of hydrogen-bond donors (Lipinski definition) is 1. The van der Waals surface area contributed by atoms with Crippen molar-refractivity contribution in [2.45, 2.75) is 44.9 Å². The number of aliphatic hydroxyl groups is 1. The van der Waals surface area contributed by atoms with Crippen LogP contribution < -0.4 is 0 Å². The lowest BCUT2D eigenvalue weighted by Gasteiger charge is -2.35. The Hall–Kier alpha value is -0.410. The predicted molar refractivity (Wildman–Crippen MR) is 67.8 cm³/mol. The van der Waals surface area contributed by atoms with Crippen LogP contribution in [0.5, 0.6) is 0 Å². The van der Waals surface area contributed by atoms with Crippen LogP contribution in [0.25, 0.3) is 0 Å². The van der Waals surface area contributed by atoms with Crippen molar-refractivity contribution in [2.24, 2.45) is 11.8 Å². The maximum Gasteiger partial charge on any atom is 0.137 e. The van der Waals surface area contributed by atoms with Crippen LogP contribution in [0.15, 0.2) is 0 Å². The third-order valence-corrected chi connectivity index (χ3v) is 4.30. The van der Waals surface area contributed by atoms with Crippen molar-refractivity contribution in [1.82, 2.24) is 4.90 Å². The highest BCUT2D eigenvalue weighted by Crippen LogP contribution is 2.25. The molecule has 0 aromatic heterocycles. The molecule has 0 bridgehead atoms. The molecule has 0 aromatic rings. The van der Waals surface area contributed by atoms with Crippen LogP contribution in [0.4, 0.5) is 0 Å². The Bertz CT molecular complexity index is 253. The molecule has 0 aromatic carbocycles. The lowest BCUT2D eigenvalue weighted by Crippen LogP contribution is -2.41. The van der Waals surface area contributed by atoms with Crippen LogP contribution in [0.3, 0.4) is 0 Å². The third-order valence-electron chi connectivity index (χ3n) is 4.30. The van der Waals surface area contributed by atoms with E-state index in [4.69, 9.17) is 5.11 Å². The maximum absolute atomic E-state index is 11.8. The summed E-state index contributed by atoms with van der Waals surface area (Å²) in [6, 6.07) is 0. The zero-order chi connectivity index (χ0) is 12.1. The SMILES string of the molecule is O=C1CCCCC1CN1CCCC(CCO)C1. The third kappa shape index (κ3) is 3.78. The Balaban J connectivity index is 1.79. The molecule has 2 fully saturated rings. The van der Waals surface area contributed by atoms with Gasteiger partial charge in [-0.2, -0.15) is 0 Å². The first-order valence-corrected chi connectivity index (χ1v) is 7.15. The molecule has 1 N–H and O–H groups in total. The van der Waals surface area contributed by atoms with Gasteiger partial charge in [-0.15, -0.1) is 0 Å². The molecular formula is C14H25NO2. The Morgan fingerprint density at radius 2 is 2.12 bits per heavy atom. The van der Waals surface area contributed by atoms with Crippen LogP contribution in [0, 0.1) is 11.8 Å². The van der Waals surface area contributed by atoms with Gasteiger partial charge in [0, 0.05) is 32.0 Å². The second kappa shape index (κ2) is 6.50. The standard InChI is InChI=1S/C14H25NO2/c16-9-7-12-4-3-8-15(10-12)11-13-5-1-2-6-14(13)17/h12-13,16H,1-11H2. The van der Waals surface area contributed by atoms with E-state index in [0.717, 1.165) is 45.3 Å². The van der Waals surface area contributed by atoms with E-state index in [9.17, 15) is 4.79 Å². The van der Waals surface area contributed by atoms with E-state index >= 15 is 0 Å². The highest BCUT2D eigenvalue weighted by molar-refractivity contribution is 5.81. The minimum absolute atomic E-state index is 0.302. The molecule has 1 aliphatic heterocycles.